The van der Waals surface area contributed by atoms with Gasteiger partial charge >= 0.3 is 0 Å². The molecule has 4 aliphatic heterocycles. The number of hydrogen-bond donors (Lipinski definition) is 10. The van der Waals surface area contributed by atoms with Gasteiger partial charge in [0.15, 0.2) is 23.0 Å². The second kappa shape index (κ2) is 38.0. The molecule has 25 rings (SSSR count). The number of hydrogen-bond acceptors (Lipinski definition) is 30. The molecule has 15 N–H and O–H groups in total. The maximum Gasteiger partial charge on any atom is 0.187 e. The summed E-state index contributed by atoms with van der Waals surface area (Å²) in [5, 5.41) is 26.7. The molecule has 0 radical (unpaired) electrons. The van der Waals surface area contributed by atoms with Crippen LogP contribution in [0.3, 0.4) is 0 Å². The van der Waals surface area contributed by atoms with Crippen LogP contribution < -0.4 is 74.2 Å². The Kier molecular flexibility index (Phi) is 24.0. The topological polar surface area (TPSA) is 382 Å². The Morgan fingerprint density at radius 2 is 0.597 bits per heavy atom. The van der Waals surface area contributed by atoms with E-state index in [1.165, 1.54) is 42.1 Å². The van der Waals surface area contributed by atoms with Gasteiger partial charge in [-0.05, 0) is 166 Å². The van der Waals surface area contributed by atoms with Crippen molar-refractivity contribution >= 4 is 231 Å². The zero-order chi connectivity index (χ0) is 90.4. The Balaban J connectivity index is 0.000000102. The maximum atomic E-state index is 6.04. The number of aromatic nitrogens is 12. The van der Waals surface area contributed by atoms with Gasteiger partial charge in [0, 0.05) is 168 Å². The van der Waals surface area contributed by atoms with Crippen LogP contribution in [0.4, 0.5) is 85.3 Å². The number of nitrogens with two attached hydrogens (primary N) is 5. The first-order valence-corrected chi connectivity index (χ1v) is 47.0. The minimum atomic E-state index is 0.468. The minimum absolute atomic E-state index is 0.468. The Morgan fingerprint density at radius 3 is 1.10 bits per heavy atom. The molecular formula is C104H82N22O4S4. The standard InChI is InChI=1S/C28H22N4O2.C28H20N4S2.C16H12N6.C16H14N4O2.C16H14N4S2/c29-20-11-13-21(14-12-20)30-27-26-22(17-23-28(27)34-16-15-33-23)31-24(18-7-3-1-4-8-18)25(32-26)19-9-5-2-6-10-19;29-16-9-11-17(12-10-16)30-26-24-21-8-4-3-6-19(21)18-5-1-2-7-20(18)22(24)15-23-25(26)32-28-27(31-23)33-13-14-34-28;17-10-1-3-11(4-2-10)22-16-14-12(18-5-7-20-14)9-13-15(16)21-8-6-19-13;2*17-10-1-3-11(4-2-10)20-15-14-12(18-5-6-19-14)9-13-16(15)22-8-7-21-13/h1-14,17,30H,15-16,29H2;1-12,15,30H,13-14,29H2;1-9,22H,17H2;2*1-6,9,20H,7-8,17H2. The molecule has 0 fully saturated rings. The lowest BCUT2D eigenvalue weighted by molar-refractivity contribution is 0.173. The van der Waals surface area contributed by atoms with Crippen molar-refractivity contribution < 1.29 is 18.9 Å². The highest BCUT2D eigenvalue weighted by Gasteiger charge is 2.28. The van der Waals surface area contributed by atoms with E-state index in [9.17, 15) is 0 Å². The van der Waals surface area contributed by atoms with Crippen molar-refractivity contribution in [2.75, 3.05) is 105 Å². The Labute approximate surface area is 784 Å². The van der Waals surface area contributed by atoms with Crippen LogP contribution in [0.15, 0.2) is 330 Å². The van der Waals surface area contributed by atoms with Gasteiger partial charge in [-0.1, -0.05) is 109 Å². The monoisotopic (exact) mass is 1830 g/mol. The Hall–Kier alpha value is -16.3. The summed E-state index contributed by atoms with van der Waals surface area (Å²) in [7, 11) is 0. The summed E-state index contributed by atoms with van der Waals surface area (Å²) in [6.45, 7) is 1.99. The van der Waals surface area contributed by atoms with Gasteiger partial charge in [0.1, 0.15) is 81.0 Å². The second-order valence-electron chi connectivity index (χ2n) is 31.2. The van der Waals surface area contributed by atoms with E-state index < -0.39 is 0 Å². The van der Waals surface area contributed by atoms with Crippen molar-refractivity contribution in [3.8, 4) is 45.5 Å². The first-order chi connectivity index (χ1) is 65.9. The molecule has 656 valence electrons. The number of nitrogens with zero attached hydrogens (tertiary/aromatic N) is 12. The van der Waals surface area contributed by atoms with Gasteiger partial charge in [-0.2, -0.15) is 0 Å². The number of benzene rings is 15. The first-order valence-electron chi connectivity index (χ1n) is 43.1. The van der Waals surface area contributed by atoms with Crippen LogP contribution in [0.1, 0.15) is 0 Å². The van der Waals surface area contributed by atoms with Crippen molar-refractivity contribution in [2.24, 2.45) is 0 Å². The number of nitrogens with one attached hydrogen (secondary N) is 5. The van der Waals surface area contributed by atoms with Crippen LogP contribution in [-0.4, -0.2) is 109 Å². The smallest absolute Gasteiger partial charge is 0.187 e. The molecule has 0 amide bonds. The molecule has 0 saturated carbocycles. The predicted molar refractivity (Wildman–Crippen MR) is 550 cm³/mol. The molecule has 6 aromatic heterocycles. The van der Waals surface area contributed by atoms with Gasteiger partial charge in [-0.3, -0.25) is 39.9 Å². The molecule has 0 aliphatic carbocycles. The van der Waals surface area contributed by atoms with Crippen LogP contribution in [0.25, 0.3) is 121 Å². The highest BCUT2D eigenvalue weighted by Crippen LogP contribution is 2.51. The first kappa shape index (κ1) is 84.6. The van der Waals surface area contributed by atoms with Gasteiger partial charge in [-0.15, -0.1) is 47.0 Å². The van der Waals surface area contributed by atoms with Crippen molar-refractivity contribution in [1.29, 1.82) is 0 Å². The number of ether oxygens (including phenoxy) is 4. The van der Waals surface area contributed by atoms with E-state index in [1.54, 1.807) is 73.1 Å². The molecule has 26 nitrogen and oxygen atoms in total. The molecule has 21 aromatic rings. The van der Waals surface area contributed by atoms with Gasteiger partial charge in [0.25, 0.3) is 0 Å². The van der Waals surface area contributed by atoms with Crippen molar-refractivity contribution in [2.45, 2.75) is 19.8 Å². The van der Waals surface area contributed by atoms with Gasteiger partial charge < -0.3 is 74.2 Å². The number of rotatable bonds is 12. The quantitative estimate of drug-likeness (QED) is 0.0308. The fourth-order valence-corrected chi connectivity index (χ4v) is 20.6. The second-order valence-corrected chi connectivity index (χ2v) is 35.6. The molecule has 15 aromatic carbocycles. The van der Waals surface area contributed by atoms with Crippen molar-refractivity contribution in [1.82, 2.24) is 59.8 Å². The maximum absolute atomic E-state index is 6.04. The van der Waals surface area contributed by atoms with E-state index in [2.05, 4.69) is 127 Å². The highest BCUT2D eigenvalue weighted by atomic mass is 32.2. The normalized spacial score (nSPS) is 12.8. The van der Waals surface area contributed by atoms with Crippen molar-refractivity contribution in [3.63, 3.8) is 0 Å². The summed E-state index contributed by atoms with van der Waals surface area (Å²) in [6, 6.07) is 85.7. The van der Waals surface area contributed by atoms with Gasteiger partial charge in [-0.25, -0.2) is 19.9 Å². The number of anilines is 15. The van der Waals surface area contributed by atoms with E-state index >= 15 is 0 Å². The summed E-state index contributed by atoms with van der Waals surface area (Å²) in [5.74, 6) is 6.99. The zero-order valence-corrected chi connectivity index (χ0v) is 74.9. The van der Waals surface area contributed by atoms with Crippen molar-refractivity contribution in [3.05, 3.63) is 310 Å². The number of nitrogen functional groups attached to an aromatic ring is 5. The van der Waals surface area contributed by atoms with E-state index in [0.717, 1.165) is 185 Å². The molecular weight excluding hydrogens is 1750 g/mol. The predicted octanol–water partition coefficient (Wildman–Crippen LogP) is 23.5. The molecule has 134 heavy (non-hydrogen) atoms. The molecule has 0 bridgehead atoms. The third-order valence-electron chi connectivity index (χ3n) is 22.4. The van der Waals surface area contributed by atoms with E-state index in [1.807, 2.05) is 224 Å². The Bertz CT molecular complexity index is 7800. The average molecular weight is 1830 g/mol. The van der Waals surface area contributed by atoms with E-state index in [0.29, 0.717) is 72.0 Å². The molecule has 10 heterocycles. The van der Waals surface area contributed by atoms with E-state index in [-0.39, 0.29) is 0 Å². The van der Waals surface area contributed by atoms with Crippen LogP contribution in [0.2, 0.25) is 0 Å². The third-order valence-corrected chi connectivity index (χ3v) is 27.2. The lowest BCUT2D eigenvalue weighted by atomic mass is 9.92. The summed E-state index contributed by atoms with van der Waals surface area (Å²) in [5.41, 5.74) is 54.9. The Morgan fingerprint density at radius 1 is 0.254 bits per heavy atom. The summed E-state index contributed by atoms with van der Waals surface area (Å²) < 4.78 is 23.4. The zero-order valence-electron chi connectivity index (χ0n) is 71.6. The molecule has 0 saturated heterocycles. The molecule has 0 unspecified atom stereocenters. The highest BCUT2D eigenvalue weighted by molar-refractivity contribution is 8.06. The summed E-state index contributed by atoms with van der Waals surface area (Å²) in [6.07, 6.45) is 13.5. The average Bonchev–Trinajstić information content (AvgIpc) is 0.717. The molecule has 0 spiro atoms. The summed E-state index contributed by atoms with van der Waals surface area (Å²) >= 11 is 7.35. The molecule has 4 aliphatic rings. The SMILES string of the molecule is Nc1ccc(Nc2c3c(cc4nc(-c5ccccc5)c(-c5ccccc5)nc24)OCCO3)cc1.Nc1ccc(Nc2c3c(cc4nccnc24)OCCO3)cc1.Nc1ccc(Nc2c3c(cc4nccnc24)SCCS3)cc1.Nc1ccc(Nc2c3nc4c(nc3cc3c5ccccc5c5ccccc5c23)SCCS4)cc1.Nc1ccc(Nc2c3nccnc3cc3nccnc23)cc1. The van der Waals surface area contributed by atoms with Crippen LogP contribution in [0.5, 0.6) is 23.0 Å². The number of fused-ring (bicyclic) bond motifs is 16. The van der Waals surface area contributed by atoms with Crippen LogP contribution >= 0.6 is 47.0 Å². The minimum Gasteiger partial charge on any atom is -0.486 e. The van der Waals surface area contributed by atoms with Crippen LogP contribution in [0, 0.1) is 0 Å². The van der Waals surface area contributed by atoms with Gasteiger partial charge in [0.05, 0.1) is 61.6 Å². The fourth-order valence-electron chi connectivity index (χ4n) is 16.2. The lowest BCUT2D eigenvalue weighted by Crippen LogP contribution is -2.17. The summed E-state index contributed by atoms with van der Waals surface area (Å²) in [4.78, 5) is 58.4. The van der Waals surface area contributed by atoms with E-state index in [4.69, 9.17) is 67.6 Å². The fraction of sp³-hybridized carbons (Fsp3) is 0.0769. The lowest BCUT2D eigenvalue weighted by Gasteiger charge is -2.23. The molecule has 30 heteroatoms. The van der Waals surface area contributed by atoms with Gasteiger partial charge in [0.2, 0.25) is 0 Å². The number of thioether (sulfide) groups is 4. The van der Waals surface area contributed by atoms with Crippen LogP contribution in [-0.2, 0) is 0 Å². The molecule has 0 atom stereocenters. The third kappa shape index (κ3) is 17.9. The largest absolute Gasteiger partial charge is 0.486 e.